The number of alkyl halides is 2. The Morgan fingerprint density at radius 3 is 1.50 bits per heavy atom. The SMILES string of the molecule is CCOC(=O)[C@H](I)CC[C@H](I)C(=O)OCC. The molecule has 0 unspecified atom stereocenters. The second kappa shape index (κ2) is 9.43. The van der Waals surface area contributed by atoms with Crippen molar-refractivity contribution < 1.29 is 19.1 Å². The Kier molecular flexibility index (Phi) is 9.67. The molecule has 0 bridgehead atoms. The van der Waals surface area contributed by atoms with Crippen molar-refractivity contribution in [3.8, 4) is 0 Å². The lowest BCUT2D eigenvalue weighted by Crippen LogP contribution is -2.22. The molecule has 0 radical (unpaired) electrons. The molecule has 0 aliphatic rings. The fourth-order valence-electron chi connectivity index (χ4n) is 0.994. The van der Waals surface area contributed by atoms with E-state index in [0.717, 1.165) is 0 Å². The Hall–Kier alpha value is 0.400. The second-order valence-corrected chi connectivity index (χ2v) is 6.02. The number of esters is 2. The summed E-state index contributed by atoms with van der Waals surface area (Å²) in [5.41, 5.74) is 0. The van der Waals surface area contributed by atoms with Gasteiger partial charge in [-0.25, -0.2) is 0 Å². The van der Waals surface area contributed by atoms with Crippen molar-refractivity contribution in [2.45, 2.75) is 34.5 Å². The Balaban J connectivity index is 3.86. The van der Waals surface area contributed by atoms with Gasteiger partial charge in [-0.15, -0.1) is 0 Å². The summed E-state index contributed by atoms with van der Waals surface area (Å²) in [4.78, 5) is 22.6. The standard InChI is InChI=1S/C10H16I2O4/c1-3-15-9(13)7(11)5-6-8(12)10(14)16-4-2/h7-8H,3-6H2,1-2H3/t7-,8+. The van der Waals surface area contributed by atoms with Crippen LogP contribution < -0.4 is 0 Å². The highest BCUT2D eigenvalue weighted by Gasteiger charge is 2.21. The Labute approximate surface area is 123 Å². The van der Waals surface area contributed by atoms with Gasteiger partial charge in [-0.3, -0.25) is 9.59 Å². The minimum atomic E-state index is -0.212. The lowest BCUT2D eigenvalue weighted by atomic mass is 10.2. The average Bonchev–Trinajstić information content (AvgIpc) is 2.25. The molecule has 0 aromatic heterocycles. The van der Waals surface area contributed by atoms with Crippen LogP contribution in [0.15, 0.2) is 0 Å². The number of ether oxygens (including phenoxy) is 2. The number of carbonyl (C=O) groups excluding carboxylic acids is 2. The van der Waals surface area contributed by atoms with Gasteiger partial charge in [0.2, 0.25) is 0 Å². The maximum Gasteiger partial charge on any atom is 0.318 e. The van der Waals surface area contributed by atoms with Crippen molar-refractivity contribution in [2.24, 2.45) is 0 Å². The van der Waals surface area contributed by atoms with Gasteiger partial charge in [-0.2, -0.15) is 0 Å². The van der Waals surface area contributed by atoms with Crippen LogP contribution in [0.3, 0.4) is 0 Å². The third kappa shape index (κ3) is 6.87. The normalized spacial score (nSPS) is 14.0. The van der Waals surface area contributed by atoms with E-state index >= 15 is 0 Å². The largest absolute Gasteiger partial charge is 0.465 e. The molecule has 0 N–H and O–H groups in total. The van der Waals surface area contributed by atoms with Gasteiger partial charge in [0.25, 0.3) is 0 Å². The minimum absolute atomic E-state index is 0.191. The maximum absolute atomic E-state index is 11.3. The van der Waals surface area contributed by atoms with Crippen LogP contribution in [0.5, 0.6) is 0 Å². The monoisotopic (exact) mass is 454 g/mol. The second-order valence-electron chi connectivity index (χ2n) is 3.02. The van der Waals surface area contributed by atoms with E-state index in [1.54, 1.807) is 13.8 Å². The number of carbonyl (C=O) groups is 2. The third-order valence-electron chi connectivity index (χ3n) is 1.76. The first-order valence-electron chi connectivity index (χ1n) is 5.14. The molecule has 2 atom stereocenters. The van der Waals surface area contributed by atoms with Crippen molar-refractivity contribution >= 4 is 57.1 Å². The van der Waals surface area contributed by atoms with Crippen LogP contribution in [0.2, 0.25) is 0 Å². The van der Waals surface area contributed by atoms with Gasteiger partial charge in [0, 0.05) is 0 Å². The zero-order chi connectivity index (χ0) is 12.6. The molecule has 0 saturated carbocycles. The molecule has 94 valence electrons. The first kappa shape index (κ1) is 16.4. The van der Waals surface area contributed by atoms with Crippen molar-refractivity contribution in [3.05, 3.63) is 0 Å². The summed E-state index contributed by atoms with van der Waals surface area (Å²) in [6.45, 7) is 4.34. The van der Waals surface area contributed by atoms with E-state index in [2.05, 4.69) is 0 Å². The number of hydrogen-bond acceptors (Lipinski definition) is 4. The molecule has 0 rings (SSSR count). The van der Waals surface area contributed by atoms with E-state index < -0.39 is 0 Å². The summed E-state index contributed by atoms with van der Waals surface area (Å²) in [6.07, 6.45) is 1.26. The third-order valence-corrected chi connectivity index (χ3v) is 4.02. The van der Waals surface area contributed by atoms with E-state index in [-0.39, 0.29) is 19.8 Å². The molecule has 0 spiro atoms. The molecule has 0 aromatic rings. The fourth-order valence-corrected chi connectivity index (χ4v) is 2.07. The zero-order valence-electron chi connectivity index (χ0n) is 9.37. The van der Waals surface area contributed by atoms with Crippen LogP contribution in [0.1, 0.15) is 26.7 Å². The van der Waals surface area contributed by atoms with Gasteiger partial charge < -0.3 is 9.47 Å². The van der Waals surface area contributed by atoms with Gasteiger partial charge in [-0.05, 0) is 26.7 Å². The van der Waals surface area contributed by atoms with Gasteiger partial charge >= 0.3 is 11.9 Å². The summed E-state index contributed by atoms with van der Waals surface area (Å²) in [5.74, 6) is -0.425. The molecule has 0 aromatic carbocycles. The Morgan fingerprint density at radius 2 is 1.25 bits per heavy atom. The molecule has 0 aliphatic heterocycles. The Bertz CT molecular complexity index is 209. The van der Waals surface area contributed by atoms with Crippen molar-refractivity contribution in [3.63, 3.8) is 0 Å². The minimum Gasteiger partial charge on any atom is -0.465 e. The molecule has 16 heavy (non-hydrogen) atoms. The fraction of sp³-hybridized carbons (Fsp3) is 0.800. The first-order valence-corrected chi connectivity index (χ1v) is 7.63. The quantitative estimate of drug-likeness (QED) is 0.337. The van der Waals surface area contributed by atoms with Gasteiger partial charge in [0.15, 0.2) is 0 Å². The number of rotatable bonds is 7. The predicted molar refractivity (Wildman–Crippen MR) is 78.1 cm³/mol. The van der Waals surface area contributed by atoms with Gasteiger partial charge in [0.1, 0.15) is 7.85 Å². The van der Waals surface area contributed by atoms with E-state index in [0.29, 0.717) is 26.1 Å². The lowest BCUT2D eigenvalue weighted by Gasteiger charge is -2.11. The van der Waals surface area contributed by atoms with Crippen LogP contribution in [0, 0.1) is 0 Å². The molecular formula is C10H16I2O4. The van der Waals surface area contributed by atoms with Gasteiger partial charge in [-0.1, -0.05) is 45.2 Å². The molecule has 0 aliphatic carbocycles. The molecule has 0 saturated heterocycles. The topological polar surface area (TPSA) is 52.6 Å². The molecule has 0 fully saturated rings. The van der Waals surface area contributed by atoms with Crippen LogP contribution in [0.25, 0.3) is 0 Å². The summed E-state index contributed by atoms with van der Waals surface area (Å²) in [5, 5.41) is 0. The highest BCUT2D eigenvalue weighted by molar-refractivity contribution is 14.1. The van der Waals surface area contributed by atoms with Crippen molar-refractivity contribution in [2.75, 3.05) is 13.2 Å². The summed E-state index contributed by atoms with van der Waals surface area (Å²) >= 11 is 4.08. The van der Waals surface area contributed by atoms with E-state index in [1.165, 1.54) is 0 Å². The van der Waals surface area contributed by atoms with Crippen molar-refractivity contribution in [1.29, 1.82) is 0 Å². The molecular weight excluding hydrogens is 438 g/mol. The maximum atomic E-state index is 11.3. The van der Waals surface area contributed by atoms with Crippen LogP contribution in [0.4, 0.5) is 0 Å². The lowest BCUT2D eigenvalue weighted by molar-refractivity contribution is -0.144. The summed E-state index contributed by atoms with van der Waals surface area (Å²) in [6, 6.07) is 0. The smallest absolute Gasteiger partial charge is 0.318 e. The van der Waals surface area contributed by atoms with Crippen LogP contribution >= 0.6 is 45.2 Å². The highest BCUT2D eigenvalue weighted by Crippen LogP contribution is 2.17. The number of hydrogen-bond donors (Lipinski definition) is 0. The molecule has 6 heteroatoms. The molecule has 0 heterocycles. The predicted octanol–water partition coefficient (Wildman–Crippen LogP) is 2.50. The summed E-state index contributed by atoms with van der Waals surface area (Å²) < 4.78 is 9.38. The molecule has 4 nitrogen and oxygen atoms in total. The van der Waals surface area contributed by atoms with Crippen molar-refractivity contribution in [1.82, 2.24) is 0 Å². The van der Waals surface area contributed by atoms with E-state index in [9.17, 15) is 9.59 Å². The number of halogens is 2. The highest BCUT2D eigenvalue weighted by atomic mass is 127. The zero-order valence-corrected chi connectivity index (χ0v) is 13.7. The van der Waals surface area contributed by atoms with Gasteiger partial charge in [0.05, 0.1) is 13.2 Å². The van der Waals surface area contributed by atoms with E-state index in [1.807, 2.05) is 45.2 Å². The average molecular weight is 454 g/mol. The van der Waals surface area contributed by atoms with E-state index in [4.69, 9.17) is 9.47 Å². The molecule has 0 amide bonds. The Morgan fingerprint density at radius 1 is 0.938 bits per heavy atom. The van der Waals surface area contributed by atoms with Crippen LogP contribution in [-0.2, 0) is 19.1 Å². The first-order chi connectivity index (χ1) is 7.52. The summed E-state index contributed by atoms with van der Waals surface area (Å²) in [7, 11) is 0. The van der Waals surface area contributed by atoms with Crippen LogP contribution in [-0.4, -0.2) is 33.0 Å².